The van der Waals surface area contributed by atoms with Gasteiger partial charge in [0.25, 0.3) is 5.56 Å². The van der Waals surface area contributed by atoms with Crippen LogP contribution in [0.15, 0.2) is 29.3 Å². The van der Waals surface area contributed by atoms with E-state index in [0.29, 0.717) is 36.2 Å². The molecule has 0 spiro atoms. The summed E-state index contributed by atoms with van der Waals surface area (Å²) in [5.74, 6) is 0.817. The first kappa shape index (κ1) is 19.8. The highest BCUT2D eigenvalue weighted by atomic mass is 16.5. The van der Waals surface area contributed by atoms with Gasteiger partial charge in [-0.2, -0.15) is 0 Å². The Kier molecular flexibility index (Phi) is 7.44. The molecule has 1 saturated carbocycles. The van der Waals surface area contributed by atoms with Gasteiger partial charge in [0.1, 0.15) is 5.82 Å². The van der Waals surface area contributed by atoms with E-state index in [1.165, 1.54) is 38.5 Å². The van der Waals surface area contributed by atoms with Crippen molar-refractivity contribution in [2.24, 2.45) is 0 Å². The summed E-state index contributed by atoms with van der Waals surface area (Å²) in [6.07, 6.45) is 7.64. The van der Waals surface area contributed by atoms with Gasteiger partial charge >= 0.3 is 5.97 Å². The van der Waals surface area contributed by atoms with Gasteiger partial charge in [-0.15, -0.1) is 0 Å². The van der Waals surface area contributed by atoms with E-state index in [1.54, 1.807) is 10.6 Å². The molecular formula is C19H28N4O3. The average molecular weight is 360 g/mol. The van der Waals surface area contributed by atoms with Gasteiger partial charge in [0.2, 0.25) is 0 Å². The minimum absolute atomic E-state index is 0.175. The minimum atomic E-state index is -0.339. The molecule has 1 aromatic rings. The van der Waals surface area contributed by atoms with Gasteiger partial charge in [-0.05, 0) is 25.3 Å². The van der Waals surface area contributed by atoms with Crippen molar-refractivity contribution in [3.05, 3.63) is 40.4 Å². The number of rotatable bonds is 9. The van der Waals surface area contributed by atoms with E-state index in [1.807, 2.05) is 0 Å². The van der Waals surface area contributed by atoms with Crippen LogP contribution in [0.5, 0.6) is 0 Å². The van der Waals surface area contributed by atoms with Crippen LogP contribution in [0.1, 0.15) is 51.0 Å². The molecule has 7 heteroatoms. The van der Waals surface area contributed by atoms with Crippen LogP contribution in [0.4, 0.5) is 5.82 Å². The molecule has 0 unspecified atom stereocenters. The van der Waals surface area contributed by atoms with E-state index in [-0.39, 0.29) is 18.1 Å². The second-order valence-corrected chi connectivity index (χ2v) is 6.55. The van der Waals surface area contributed by atoms with Gasteiger partial charge in [0, 0.05) is 37.4 Å². The van der Waals surface area contributed by atoms with E-state index >= 15 is 0 Å². The molecule has 0 aromatic carbocycles. The molecule has 3 N–H and O–H groups in total. The standard InChI is InChI=1S/C19H28N4O3/c1-14(21-17-7-4-3-5-8-17)22-19-16(13-20)9-10-18(25)23(19)11-6-12-26-15(2)24/h9-10,13,17,20-22H,1,3-8,11-12H2,2H3. The number of nitrogens with one attached hydrogen (secondary N) is 3. The first-order chi connectivity index (χ1) is 12.5. The second kappa shape index (κ2) is 9.79. The third-order valence-corrected chi connectivity index (χ3v) is 4.45. The van der Waals surface area contributed by atoms with Crippen LogP contribution < -0.4 is 16.2 Å². The Morgan fingerprint density at radius 3 is 2.77 bits per heavy atom. The van der Waals surface area contributed by atoms with Crippen LogP contribution in [0.2, 0.25) is 0 Å². The van der Waals surface area contributed by atoms with Crippen molar-refractivity contribution in [3.63, 3.8) is 0 Å². The molecule has 2 rings (SSSR count). The number of pyridine rings is 1. The fourth-order valence-electron chi connectivity index (χ4n) is 3.19. The van der Waals surface area contributed by atoms with Crippen LogP contribution in [0.3, 0.4) is 0 Å². The summed E-state index contributed by atoms with van der Waals surface area (Å²) < 4.78 is 6.49. The monoisotopic (exact) mass is 360 g/mol. The zero-order valence-electron chi connectivity index (χ0n) is 15.3. The molecule has 142 valence electrons. The molecule has 7 nitrogen and oxygen atoms in total. The molecule has 0 radical (unpaired) electrons. The van der Waals surface area contributed by atoms with Crippen LogP contribution in [-0.2, 0) is 16.1 Å². The van der Waals surface area contributed by atoms with Crippen LogP contribution >= 0.6 is 0 Å². The lowest BCUT2D eigenvalue weighted by Gasteiger charge is -2.26. The summed E-state index contributed by atoms with van der Waals surface area (Å²) >= 11 is 0. The molecule has 0 atom stereocenters. The highest BCUT2D eigenvalue weighted by Crippen LogP contribution is 2.19. The van der Waals surface area contributed by atoms with Gasteiger partial charge in [-0.3, -0.25) is 14.2 Å². The summed E-state index contributed by atoms with van der Waals surface area (Å²) in [5, 5.41) is 14.2. The molecular weight excluding hydrogens is 332 g/mol. The quantitative estimate of drug-likeness (QED) is 0.357. The fraction of sp³-hybridized carbons (Fsp3) is 0.526. The van der Waals surface area contributed by atoms with E-state index < -0.39 is 0 Å². The molecule has 1 heterocycles. The van der Waals surface area contributed by atoms with Crippen molar-refractivity contribution in [2.45, 2.75) is 58.0 Å². The average Bonchev–Trinajstić information content (AvgIpc) is 2.61. The number of ether oxygens (including phenoxy) is 1. The highest BCUT2D eigenvalue weighted by molar-refractivity contribution is 5.84. The first-order valence-corrected chi connectivity index (χ1v) is 9.11. The van der Waals surface area contributed by atoms with Crippen molar-refractivity contribution < 1.29 is 9.53 Å². The molecule has 1 aliphatic carbocycles. The van der Waals surface area contributed by atoms with E-state index in [2.05, 4.69) is 17.2 Å². The Bertz CT molecular complexity index is 705. The van der Waals surface area contributed by atoms with E-state index in [4.69, 9.17) is 10.1 Å². The van der Waals surface area contributed by atoms with Gasteiger partial charge in [0.15, 0.2) is 0 Å². The van der Waals surface area contributed by atoms with Gasteiger partial charge in [-0.25, -0.2) is 0 Å². The highest BCUT2D eigenvalue weighted by Gasteiger charge is 2.15. The molecule has 1 aromatic heterocycles. The summed E-state index contributed by atoms with van der Waals surface area (Å²) in [7, 11) is 0. The Labute approximate surface area is 153 Å². The maximum Gasteiger partial charge on any atom is 0.302 e. The number of esters is 1. The minimum Gasteiger partial charge on any atom is -0.466 e. The Morgan fingerprint density at radius 1 is 1.38 bits per heavy atom. The molecule has 0 aliphatic heterocycles. The lowest BCUT2D eigenvalue weighted by atomic mass is 9.96. The number of carbonyl (C=O) groups is 1. The number of carbonyl (C=O) groups excluding carboxylic acids is 1. The number of hydrogen-bond acceptors (Lipinski definition) is 6. The largest absolute Gasteiger partial charge is 0.466 e. The normalized spacial score (nSPS) is 14.5. The van der Waals surface area contributed by atoms with Crippen molar-refractivity contribution in [1.29, 1.82) is 5.41 Å². The molecule has 1 aliphatic rings. The lowest BCUT2D eigenvalue weighted by Crippen LogP contribution is -2.34. The number of anilines is 1. The number of nitrogens with zero attached hydrogens (tertiary/aromatic N) is 1. The second-order valence-electron chi connectivity index (χ2n) is 6.55. The van der Waals surface area contributed by atoms with Crippen molar-refractivity contribution >= 4 is 18.0 Å². The maximum absolute atomic E-state index is 12.3. The fourth-order valence-corrected chi connectivity index (χ4v) is 3.19. The zero-order valence-corrected chi connectivity index (χ0v) is 15.3. The summed E-state index contributed by atoms with van der Waals surface area (Å²) in [6, 6.07) is 3.45. The smallest absolute Gasteiger partial charge is 0.302 e. The van der Waals surface area contributed by atoms with Crippen LogP contribution in [0.25, 0.3) is 0 Å². The van der Waals surface area contributed by atoms with Crippen molar-refractivity contribution in [3.8, 4) is 0 Å². The Balaban J connectivity index is 2.09. The summed E-state index contributed by atoms with van der Waals surface area (Å²) in [4.78, 5) is 23.2. The number of aromatic nitrogens is 1. The molecule has 26 heavy (non-hydrogen) atoms. The van der Waals surface area contributed by atoms with E-state index in [9.17, 15) is 9.59 Å². The van der Waals surface area contributed by atoms with E-state index in [0.717, 1.165) is 12.8 Å². The SMILES string of the molecule is C=C(Nc1c(C=N)ccc(=O)n1CCCOC(C)=O)NC1CCCCC1. The Hall–Kier alpha value is -2.57. The number of hydrogen-bond donors (Lipinski definition) is 3. The van der Waals surface area contributed by atoms with Gasteiger partial charge < -0.3 is 20.8 Å². The van der Waals surface area contributed by atoms with Crippen LogP contribution in [-0.4, -0.2) is 29.4 Å². The van der Waals surface area contributed by atoms with Crippen molar-refractivity contribution in [1.82, 2.24) is 9.88 Å². The van der Waals surface area contributed by atoms with Gasteiger partial charge in [-0.1, -0.05) is 25.8 Å². The summed E-state index contributed by atoms with van der Waals surface area (Å²) in [5.41, 5.74) is 0.426. The van der Waals surface area contributed by atoms with Crippen LogP contribution in [0, 0.1) is 5.41 Å². The molecule has 0 bridgehead atoms. The Morgan fingerprint density at radius 2 is 2.12 bits per heavy atom. The maximum atomic E-state index is 12.3. The predicted molar refractivity (Wildman–Crippen MR) is 103 cm³/mol. The third kappa shape index (κ3) is 5.75. The molecule has 0 amide bonds. The first-order valence-electron chi connectivity index (χ1n) is 9.11. The molecule has 0 saturated heterocycles. The molecule has 1 fully saturated rings. The topological polar surface area (TPSA) is 96.2 Å². The predicted octanol–water partition coefficient (Wildman–Crippen LogP) is 2.60. The summed E-state index contributed by atoms with van der Waals surface area (Å²) in [6.45, 7) is 6.01. The third-order valence-electron chi connectivity index (χ3n) is 4.45. The zero-order chi connectivity index (χ0) is 18.9. The van der Waals surface area contributed by atoms with Gasteiger partial charge in [0.05, 0.1) is 12.4 Å². The van der Waals surface area contributed by atoms with Crippen molar-refractivity contribution in [2.75, 3.05) is 11.9 Å². The lowest BCUT2D eigenvalue weighted by molar-refractivity contribution is -0.141.